The number of guanidine groups is 1. The lowest BCUT2D eigenvalue weighted by Gasteiger charge is -2.21. The topological polar surface area (TPSA) is 47.9 Å². The highest BCUT2D eigenvalue weighted by Crippen LogP contribution is 2.15. The van der Waals surface area contributed by atoms with Crippen molar-refractivity contribution in [3.05, 3.63) is 48.0 Å². The molecule has 1 aromatic rings. The Labute approximate surface area is 180 Å². The van der Waals surface area contributed by atoms with Crippen LogP contribution < -0.4 is 5.32 Å². The van der Waals surface area contributed by atoms with E-state index in [1.54, 1.807) is 0 Å². The summed E-state index contributed by atoms with van der Waals surface area (Å²) in [7, 11) is 2.07. The average molecular weight is 484 g/mol. The quantitative estimate of drug-likeness (QED) is 0.191. The minimum absolute atomic E-state index is 0. The smallest absolute Gasteiger partial charge is 0.222 e. The predicted molar refractivity (Wildman–Crippen MR) is 123 cm³/mol. The van der Waals surface area contributed by atoms with Crippen LogP contribution in [0.1, 0.15) is 43.7 Å². The largest absolute Gasteiger partial charge is 0.357 e. The third-order valence-electron chi connectivity index (χ3n) is 4.58. The monoisotopic (exact) mass is 484 g/mol. The first kappa shape index (κ1) is 23.5. The molecule has 2 rings (SSSR count). The minimum atomic E-state index is 0. The van der Waals surface area contributed by atoms with Gasteiger partial charge in [-0.25, -0.2) is 4.99 Å². The van der Waals surface area contributed by atoms with E-state index in [1.165, 1.54) is 11.1 Å². The van der Waals surface area contributed by atoms with Crippen LogP contribution in [0.25, 0.3) is 0 Å². The van der Waals surface area contributed by atoms with Gasteiger partial charge in [0.15, 0.2) is 5.96 Å². The summed E-state index contributed by atoms with van der Waals surface area (Å²) in [6, 6.07) is 8.44. The number of aliphatic imine (C=N–C) groups is 1. The van der Waals surface area contributed by atoms with Gasteiger partial charge in [-0.3, -0.25) is 4.79 Å². The highest BCUT2D eigenvalue weighted by atomic mass is 127. The van der Waals surface area contributed by atoms with Crippen molar-refractivity contribution in [2.45, 2.75) is 45.7 Å². The molecule has 1 amide bonds. The Hall–Kier alpha value is -1.57. The first-order chi connectivity index (χ1) is 12.6. The maximum absolute atomic E-state index is 11.7. The van der Waals surface area contributed by atoms with Gasteiger partial charge in [0.1, 0.15) is 0 Å². The van der Waals surface area contributed by atoms with E-state index in [1.807, 2.05) is 11.0 Å². The van der Waals surface area contributed by atoms with Crippen LogP contribution in [0.4, 0.5) is 0 Å². The molecular formula is C21H33IN4O. The highest BCUT2D eigenvalue weighted by molar-refractivity contribution is 14.0. The fourth-order valence-electron chi connectivity index (χ4n) is 3.06. The lowest BCUT2D eigenvalue weighted by atomic mass is 10.1. The fraction of sp³-hybridized carbons (Fsp3) is 0.524. The zero-order chi connectivity index (χ0) is 18.8. The van der Waals surface area contributed by atoms with E-state index in [0.717, 1.165) is 51.4 Å². The Morgan fingerprint density at radius 1 is 1.33 bits per heavy atom. The van der Waals surface area contributed by atoms with Crippen LogP contribution >= 0.6 is 24.0 Å². The van der Waals surface area contributed by atoms with Crippen LogP contribution in [-0.2, 0) is 17.9 Å². The molecule has 0 unspecified atom stereocenters. The molecule has 0 saturated carbocycles. The van der Waals surface area contributed by atoms with Gasteiger partial charge in [-0.2, -0.15) is 0 Å². The van der Waals surface area contributed by atoms with Gasteiger partial charge in [0.25, 0.3) is 0 Å². The Morgan fingerprint density at radius 3 is 2.63 bits per heavy atom. The number of carbonyl (C=O) groups excluding carboxylic acids is 1. The molecule has 150 valence electrons. The van der Waals surface area contributed by atoms with Crippen LogP contribution in [0.5, 0.6) is 0 Å². The van der Waals surface area contributed by atoms with Crippen molar-refractivity contribution < 1.29 is 4.79 Å². The van der Waals surface area contributed by atoms with Gasteiger partial charge in [0.2, 0.25) is 5.91 Å². The van der Waals surface area contributed by atoms with Crippen molar-refractivity contribution >= 4 is 35.8 Å². The average Bonchev–Trinajstić information content (AvgIpc) is 3.04. The van der Waals surface area contributed by atoms with Gasteiger partial charge in [-0.1, -0.05) is 30.3 Å². The van der Waals surface area contributed by atoms with E-state index < -0.39 is 0 Å². The number of likely N-dealkylation sites (tertiary alicyclic amines) is 1. The summed E-state index contributed by atoms with van der Waals surface area (Å²) in [6.45, 7) is 9.92. The zero-order valence-electron chi connectivity index (χ0n) is 16.6. The molecule has 1 heterocycles. The molecular weight excluding hydrogens is 451 g/mol. The number of halogens is 1. The maximum Gasteiger partial charge on any atom is 0.222 e. The van der Waals surface area contributed by atoms with E-state index in [9.17, 15) is 4.79 Å². The van der Waals surface area contributed by atoms with Crippen LogP contribution in [0, 0.1) is 0 Å². The lowest BCUT2D eigenvalue weighted by Crippen LogP contribution is -2.39. The second kappa shape index (κ2) is 12.8. The van der Waals surface area contributed by atoms with Crippen molar-refractivity contribution in [3.8, 4) is 0 Å². The number of carbonyl (C=O) groups is 1. The van der Waals surface area contributed by atoms with E-state index in [2.05, 4.69) is 55.0 Å². The SMILES string of the molecule is C=CCCCN(C)C(=NCc1ccc(CN2CCCC2=O)cc1)NCC.I. The Morgan fingerprint density at radius 2 is 2.04 bits per heavy atom. The number of amides is 1. The summed E-state index contributed by atoms with van der Waals surface area (Å²) in [6.07, 6.45) is 5.73. The summed E-state index contributed by atoms with van der Waals surface area (Å²) in [5.74, 6) is 1.21. The maximum atomic E-state index is 11.7. The molecule has 1 aromatic carbocycles. The standard InChI is InChI=1S/C21H32N4O.HI/c1-4-6-7-14-24(3)21(22-5-2)23-16-18-10-12-19(13-11-18)17-25-15-8-9-20(25)26;/h4,10-13H,1,5-9,14-17H2,2-3H3,(H,22,23);1H. The van der Waals surface area contributed by atoms with E-state index >= 15 is 0 Å². The van der Waals surface area contributed by atoms with Crippen LogP contribution in [0.3, 0.4) is 0 Å². The second-order valence-corrected chi connectivity index (χ2v) is 6.76. The third kappa shape index (κ3) is 7.91. The van der Waals surface area contributed by atoms with Crippen molar-refractivity contribution in [1.82, 2.24) is 15.1 Å². The van der Waals surface area contributed by atoms with Gasteiger partial charge in [0, 0.05) is 39.6 Å². The molecule has 0 aromatic heterocycles. The van der Waals surface area contributed by atoms with Crippen LogP contribution in [-0.4, -0.2) is 48.3 Å². The number of unbranched alkanes of at least 4 members (excludes halogenated alkanes) is 1. The molecule has 1 fully saturated rings. The van der Waals surface area contributed by atoms with Crippen molar-refractivity contribution in [3.63, 3.8) is 0 Å². The first-order valence-corrected chi connectivity index (χ1v) is 9.60. The number of hydrogen-bond donors (Lipinski definition) is 1. The third-order valence-corrected chi connectivity index (χ3v) is 4.58. The highest BCUT2D eigenvalue weighted by Gasteiger charge is 2.19. The van der Waals surface area contributed by atoms with Gasteiger partial charge >= 0.3 is 0 Å². The molecule has 0 atom stereocenters. The van der Waals surface area contributed by atoms with Crippen LogP contribution in [0.2, 0.25) is 0 Å². The Bertz CT molecular complexity index is 615. The summed E-state index contributed by atoms with van der Waals surface area (Å²) in [4.78, 5) is 20.6. The molecule has 0 aliphatic carbocycles. The summed E-state index contributed by atoms with van der Waals surface area (Å²) in [5.41, 5.74) is 2.36. The lowest BCUT2D eigenvalue weighted by molar-refractivity contribution is -0.128. The van der Waals surface area contributed by atoms with Gasteiger partial charge in [-0.05, 0) is 37.3 Å². The number of benzene rings is 1. The molecule has 5 nitrogen and oxygen atoms in total. The Balaban J connectivity index is 0.00000364. The molecule has 0 bridgehead atoms. The minimum Gasteiger partial charge on any atom is -0.357 e. The van der Waals surface area contributed by atoms with E-state index in [4.69, 9.17) is 4.99 Å². The summed E-state index contributed by atoms with van der Waals surface area (Å²) in [5, 5.41) is 3.35. The predicted octanol–water partition coefficient (Wildman–Crippen LogP) is 3.79. The van der Waals surface area contributed by atoms with Gasteiger partial charge in [-0.15, -0.1) is 30.6 Å². The first-order valence-electron chi connectivity index (χ1n) is 9.60. The van der Waals surface area contributed by atoms with Crippen molar-refractivity contribution in [2.24, 2.45) is 4.99 Å². The van der Waals surface area contributed by atoms with Gasteiger partial charge in [0.05, 0.1) is 6.54 Å². The zero-order valence-corrected chi connectivity index (χ0v) is 18.9. The van der Waals surface area contributed by atoms with E-state index in [0.29, 0.717) is 13.0 Å². The molecule has 1 saturated heterocycles. The molecule has 0 radical (unpaired) electrons. The normalized spacial score (nSPS) is 14.1. The fourth-order valence-corrected chi connectivity index (χ4v) is 3.06. The second-order valence-electron chi connectivity index (χ2n) is 6.76. The molecule has 0 spiro atoms. The summed E-state index contributed by atoms with van der Waals surface area (Å²) < 4.78 is 0. The Kier molecular flexibility index (Phi) is 11.1. The molecule has 1 aliphatic rings. The van der Waals surface area contributed by atoms with E-state index in [-0.39, 0.29) is 29.9 Å². The molecule has 1 aliphatic heterocycles. The number of nitrogens with zero attached hydrogens (tertiary/aromatic N) is 3. The summed E-state index contributed by atoms with van der Waals surface area (Å²) >= 11 is 0. The molecule has 27 heavy (non-hydrogen) atoms. The number of hydrogen-bond acceptors (Lipinski definition) is 2. The number of nitrogens with one attached hydrogen (secondary N) is 1. The number of rotatable bonds is 9. The van der Waals surface area contributed by atoms with Gasteiger partial charge < -0.3 is 15.1 Å². The molecule has 6 heteroatoms. The van der Waals surface area contributed by atoms with Crippen LogP contribution in [0.15, 0.2) is 41.9 Å². The number of allylic oxidation sites excluding steroid dienone is 1. The molecule has 1 N–H and O–H groups in total. The van der Waals surface area contributed by atoms with Crippen molar-refractivity contribution in [2.75, 3.05) is 26.7 Å². The van der Waals surface area contributed by atoms with Crippen molar-refractivity contribution in [1.29, 1.82) is 0 Å².